The van der Waals surface area contributed by atoms with Crippen LogP contribution >= 0.6 is 45.3 Å². The van der Waals surface area contributed by atoms with Crippen molar-refractivity contribution in [1.29, 1.82) is 0 Å². The molecule has 6 aromatic rings. The smallest absolute Gasteiger partial charge is 0.0440 e. The molecule has 0 nitrogen and oxygen atoms in total. The molecule has 0 amide bonds. The van der Waals surface area contributed by atoms with Crippen LogP contribution in [0.3, 0.4) is 0 Å². The minimum absolute atomic E-state index is 1.46. The third kappa shape index (κ3) is 3.55. The van der Waals surface area contributed by atoms with Crippen LogP contribution in [0, 0.1) is 83.1 Å². The fraction of sp³-hybridized carbons (Fsp3) is 0.375. The van der Waals surface area contributed by atoms with Crippen molar-refractivity contribution < 1.29 is 0 Å². The van der Waals surface area contributed by atoms with Crippen molar-refractivity contribution in [2.45, 2.75) is 83.1 Å². The topological polar surface area (TPSA) is 0 Å². The molecule has 0 aliphatic heterocycles. The second kappa shape index (κ2) is 8.94. The number of hydrogen-bond acceptors (Lipinski definition) is 4. The molecule has 0 saturated carbocycles. The number of aryl methyl sites for hydroxylation is 12. The van der Waals surface area contributed by atoms with Gasteiger partial charge in [0, 0.05) is 54.5 Å². The van der Waals surface area contributed by atoms with Gasteiger partial charge in [0.2, 0.25) is 0 Å². The van der Waals surface area contributed by atoms with Gasteiger partial charge in [-0.2, -0.15) is 0 Å². The van der Waals surface area contributed by atoms with E-state index in [1.54, 1.807) is 0 Å². The summed E-state index contributed by atoms with van der Waals surface area (Å²) in [5.74, 6) is 0. The molecule has 4 heterocycles. The average molecular weight is 549 g/mol. The maximum atomic E-state index is 2.28. The average Bonchev–Trinajstić information content (AvgIpc) is 3.50. The molecular weight excluding hydrogens is 513 g/mol. The Kier molecular flexibility index (Phi) is 6.43. The Morgan fingerprint density at radius 3 is 0.944 bits per heavy atom. The molecular formula is C32H36S4. The lowest BCUT2D eigenvalue weighted by atomic mass is 9.98. The Balaban J connectivity index is 0.000000148. The summed E-state index contributed by atoms with van der Waals surface area (Å²) in [7, 11) is 0. The number of hydrogen-bond donors (Lipinski definition) is 0. The van der Waals surface area contributed by atoms with Crippen molar-refractivity contribution in [2.24, 2.45) is 0 Å². The molecule has 6 rings (SSSR count). The summed E-state index contributed by atoms with van der Waals surface area (Å²) < 4.78 is 5.99. The Labute approximate surface area is 231 Å². The fourth-order valence-corrected chi connectivity index (χ4v) is 10.6. The van der Waals surface area contributed by atoms with Gasteiger partial charge in [0.1, 0.15) is 0 Å². The number of thiophene rings is 4. The zero-order valence-corrected chi connectivity index (χ0v) is 26.9. The molecule has 0 aliphatic rings. The Morgan fingerprint density at radius 1 is 0.250 bits per heavy atom. The van der Waals surface area contributed by atoms with Crippen molar-refractivity contribution in [3.63, 3.8) is 0 Å². The van der Waals surface area contributed by atoms with Gasteiger partial charge in [0.25, 0.3) is 0 Å². The first-order chi connectivity index (χ1) is 16.9. The lowest BCUT2D eigenvalue weighted by Crippen LogP contribution is -1.85. The van der Waals surface area contributed by atoms with Crippen LogP contribution in [0.4, 0.5) is 0 Å². The van der Waals surface area contributed by atoms with Gasteiger partial charge >= 0.3 is 0 Å². The number of fused-ring (bicyclic) bond motifs is 6. The van der Waals surface area contributed by atoms with Crippen molar-refractivity contribution in [1.82, 2.24) is 0 Å². The van der Waals surface area contributed by atoms with Crippen LogP contribution in [0.2, 0.25) is 0 Å². The van der Waals surface area contributed by atoms with Crippen molar-refractivity contribution in [3.05, 3.63) is 64.0 Å². The van der Waals surface area contributed by atoms with Crippen LogP contribution in [0.1, 0.15) is 64.0 Å². The first-order valence-corrected chi connectivity index (χ1v) is 15.9. The molecule has 0 radical (unpaired) electrons. The minimum atomic E-state index is 1.46. The van der Waals surface area contributed by atoms with Crippen LogP contribution in [-0.4, -0.2) is 0 Å². The predicted molar refractivity (Wildman–Crippen MR) is 171 cm³/mol. The maximum Gasteiger partial charge on any atom is 0.0440 e. The van der Waals surface area contributed by atoms with Crippen molar-refractivity contribution in [3.8, 4) is 0 Å². The monoisotopic (exact) mass is 548 g/mol. The predicted octanol–water partition coefficient (Wildman–Crippen LogP) is 11.9. The zero-order valence-electron chi connectivity index (χ0n) is 23.6. The Hall–Kier alpha value is -1.72. The molecule has 188 valence electrons. The minimum Gasteiger partial charge on any atom is -0.140 e. The molecule has 0 N–H and O–H groups in total. The van der Waals surface area contributed by atoms with Crippen molar-refractivity contribution >= 4 is 85.7 Å². The standard InChI is InChI=1S/2C16H18S2/c1-7-8(2)16-14(10(4)12(6)18-16)13-9(3)11(5)17-15(7)13;1-7-8(2)15-14(10(4)12(6)17-15)16-13(7)9(3)11(5)18-16/h2*1-6H3. The van der Waals surface area contributed by atoms with Crippen molar-refractivity contribution in [2.75, 3.05) is 0 Å². The van der Waals surface area contributed by atoms with Gasteiger partial charge in [0.05, 0.1) is 0 Å². The summed E-state index contributed by atoms with van der Waals surface area (Å²) in [6.45, 7) is 27.2. The summed E-state index contributed by atoms with van der Waals surface area (Å²) >= 11 is 7.84. The molecule has 0 atom stereocenters. The van der Waals surface area contributed by atoms with E-state index in [2.05, 4.69) is 83.1 Å². The number of benzene rings is 2. The van der Waals surface area contributed by atoms with Crippen LogP contribution in [0.5, 0.6) is 0 Å². The van der Waals surface area contributed by atoms with Crippen LogP contribution < -0.4 is 0 Å². The molecule has 0 spiro atoms. The molecule has 4 heteroatoms. The first kappa shape index (κ1) is 25.9. The van der Waals surface area contributed by atoms with Gasteiger partial charge in [-0.05, 0) is 133 Å². The van der Waals surface area contributed by atoms with E-state index in [1.807, 2.05) is 45.3 Å². The molecule has 0 aliphatic carbocycles. The summed E-state index contributed by atoms with van der Waals surface area (Å²) in [5.41, 5.74) is 11.8. The van der Waals surface area contributed by atoms with Crippen LogP contribution in [0.25, 0.3) is 40.3 Å². The lowest BCUT2D eigenvalue weighted by molar-refractivity contribution is 1.39. The normalized spacial score (nSPS) is 11.9. The Morgan fingerprint density at radius 2 is 0.528 bits per heavy atom. The first-order valence-electron chi connectivity index (χ1n) is 12.6. The fourth-order valence-electron chi connectivity index (χ4n) is 5.50. The van der Waals surface area contributed by atoms with E-state index in [-0.39, 0.29) is 0 Å². The van der Waals surface area contributed by atoms with E-state index in [0.29, 0.717) is 0 Å². The number of rotatable bonds is 0. The summed E-state index contributed by atoms with van der Waals surface area (Å²) in [6, 6.07) is 0. The Bertz CT molecular complexity index is 1780. The highest BCUT2D eigenvalue weighted by molar-refractivity contribution is 7.23. The maximum absolute atomic E-state index is 2.28. The zero-order chi connectivity index (χ0) is 26.4. The molecule has 0 unspecified atom stereocenters. The second-order valence-corrected chi connectivity index (χ2v) is 15.3. The SMILES string of the molecule is Cc1sc2c(C)c(C)c3sc(C)c(C)c3c2c1C.Cc1sc2c(c1C)c(C)c(C)c1sc(C)c(C)c12. The lowest BCUT2D eigenvalue weighted by Gasteiger charge is -2.06. The summed E-state index contributed by atoms with van der Waals surface area (Å²) in [5, 5.41) is 6.04. The van der Waals surface area contributed by atoms with Gasteiger partial charge in [-0.1, -0.05) is 0 Å². The van der Waals surface area contributed by atoms with E-state index in [0.717, 1.165) is 0 Å². The van der Waals surface area contributed by atoms with Gasteiger partial charge in [0.15, 0.2) is 0 Å². The quantitative estimate of drug-likeness (QED) is 0.177. The van der Waals surface area contributed by atoms with Crippen LogP contribution in [0.15, 0.2) is 0 Å². The van der Waals surface area contributed by atoms with Gasteiger partial charge in [-0.15, -0.1) is 45.3 Å². The molecule has 0 bridgehead atoms. The highest BCUT2D eigenvalue weighted by Gasteiger charge is 2.19. The highest BCUT2D eigenvalue weighted by atomic mass is 32.1. The molecule has 2 aromatic carbocycles. The van der Waals surface area contributed by atoms with Gasteiger partial charge < -0.3 is 0 Å². The van der Waals surface area contributed by atoms with Gasteiger partial charge in [-0.25, -0.2) is 0 Å². The highest BCUT2D eigenvalue weighted by Crippen LogP contribution is 2.46. The van der Waals surface area contributed by atoms with Gasteiger partial charge in [-0.3, -0.25) is 0 Å². The third-order valence-electron chi connectivity index (χ3n) is 8.54. The van der Waals surface area contributed by atoms with E-state index >= 15 is 0 Å². The molecule has 0 saturated heterocycles. The third-order valence-corrected chi connectivity index (χ3v) is 13.7. The summed E-state index contributed by atoms with van der Waals surface area (Å²) in [6.07, 6.45) is 0. The largest absolute Gasteiger partial charge is 0.140 e. The van der Waals surface area contributed by atoms with E-state index < -0.39 is 0 Å². The van der Waals surface area contributed by atoms with E-state index in [9.17, 15) is 0 Å². The second-order valence-electron chi connectivity index (χ2n) is 10.4. The van der Waals surface area contributed by atoms with Crippen LogP contribution in [-0.2, 0) is 0 Å². The molecule has 0 fully saturated rings. The van der Waals surface area contributed by atoms with E-state index in [1.165, 1.54) is 104 Å². The van der Waals surface area contributed by atoms with E-state index in [4.69, 9.17) is 0 Å². The molecule has 36 heavy (non-hydrogen) atoms. The summed E-state index contributed by atoms with van der Waals surface area (Å²) in [4.78, 5) is 5.85. The molecule has 4 aromatic heterocycles.